The van der Waals surface area contributed by atoms with Crippen molar-refractivity contribution < 1.29 is 9.84 Å². The Morgan fingerprint density at radius 3 is 3.00 bits per heavy atom. The number of nitrogens with zero attached hydrogens (tertiary/aromatic N) is 1. The van der Waals surface area contributed by atoms with Crippen LogP contribution in [0.3, 0.4) is 0 Å². The van der Waals surface area contributed by atoms with Crippen LogP contribution in [0.15, 0.2) is 11.6 Å². The molecule has 0 aliphatic carbocycles. The van der Waals surface area contributed by atoms with Crippen LogP contribution in [-0.2, 0) is 4.74 Å². The molecule has 0 fully saturated rings. The lowest BCUT2D eigenvalue weighted by atomic mass is 10.0. The summed E-state index contributed by atoms with van der Waals surface area (Å²) in [6.07, 6.45) is 2.42. The number of ether oxygens (including phenoxy) is 1. The van der Waals surface area contributed by atoms with E-state index in [1.807, 2.05) is 19.2 Å². The van der Waals surface area contributed by atoms with Gasteiger partial charge in [0.2, 0.25) is 0 Å². The zero-order valence-electron chi connectivity index (χ0n) is 10.1. The van der Waals surface area contributed by atoms with Gasteiger partial charge in [0.25, 0.3) is 0 Å². The number of hydrogen-bond donors (Lipinski definition) is 2. The van der Waals surface area contributed by atoms with Crippen LogP contribution < -0.4 is 5.32 Å². The summed E-state index contributed by atoms with van der Waals surface area (Å²) in [5.41, 5.74) is -0.735. The van der Waals surface area contributed by atoms with E-state index >= 15 is 0 Å². The summed E-state index contributed by atoms with van der Waals surface area (Å²) >= 11 is 1.62. The lowest BCUT2D eigenvalue weighted by Gasteiger charge is -2.25. The molecule has 0 saturated carbocycles. The van der Waals surface area contributed by atoms with E-state index in [9.17, 15) is 5.11 Å². The zero-order chi connectivity index (χ0) is 12.0. The molecule has 0 aliphatic heterocycles. The van der Waals surface area contributed by atoms with Gasteiger partial charge in [-0.2, -0.15) is 0 Å². The Balaban J connectivity index is 2.33. The molecule has 92 valence electrons. The van der Waals surface area contributed by atoms with E-state index in [2.05, 4.69) is 10.3 Å². The van der Waals surface area contributed by atoms with Crippen LogP contribution in [0, 0.1) is 0 Å². The first-order chi connectivity index (χ1) is 7.55. The monoisotopic (exact) mass is 244 g/mol. The second-order valence-corrected chi connectivity index (χ2v) is 5.14. The summed E-state index contributed by atoms with van der Waals surface area (Å²) in [6.45, 7) is 4.97. The van der Waals surface area contributed by atoms with Gasteiger partial charge < -0.3 is 15.2 Å². The fraction of sp³-hybridized carbons (Fsp3) is 0.727. The van der Waals surface area contributed by atoms with E-state index in [1.54, 1.807) is 24.6 Å². The van der Waals surface area contributed by atoms with Crippen LogP contribution in [0.5, 0.6) is 0 Å². The lowest BCUT2D eigenvalue weighted by molar-refractivity contribution is 0.0231. The molecule has 0 spiro atoms. The molecule has 2 N–H and O–H groups in total. The minimum Gasteiger partial charge on any atom is -0.389 e. The molecule has 1 heterocycles. The molecule has 5 heteroatoms. The van der Waals surface area contributed by atoms with Crippen LogP contribution >= 0.6 is 11.3 Å². The SMILES string of the molecule is COCCC(C)(O)CNC(C)c1nccs1. The molecule has 0 radical (unpaired) electrons. The van der Waals surface area contributed by atoms with Gasteiger partial charge in [0.1, 0.15) is 5.01 Å². The standard InChI is InChI=1S/C11H20N2O2S/c1-9(10-12-5-7-16-10)13-8-11(2,14)4-6-15-3/h5,7,9,13-14H,4,6,8H2,1-3H3. The molecule has 2 atom stereocenters. The summed E-state index contributed by atoms with van der Waals surface area (Å²) in [4.78, 5) is 4.23. The second kappa shape index (κ2) is 6.30. The van der Waals surface area contributed by atoms with Crippen LogP contribution in [0.1, 0.15) is 31.3 Å². The van der Waals surface area contributed by atoms with Gasteiger partial charge in [-0.25, -0.2) is 4.98 Å². The van der Waals surface area contributed by atoms with Gasteiger partial charge in [-0.05, 0) is 13.8 Å². The smallest absolute Gasteiger partial charge is 0.109 e. The van der Waals surface area contributed by atoms with Crippen LogP contribution in [-0.4, -0.2) is 36.0 Å². The third-order valence-electron chi connectivity index (χ3n) is 2.46. The summed E-state index contributed by atoms with van der Waals surface area (Å²) in [7, 11) is 1.64. The predicted molar refractivity (Wildman–Crippen MR) is 65.6 cm³/mol. The zero-order valence-corrected chi connectivity index (χ0v) is 10.9. The van der Waals surface area contributed by atoms with Crippen molar-refractivity contribution >= 4 is 11.3 Å². The molecular formula is C11H20N2O2S. The van der Waals surface area contributed by atoms with Crippen molar-refractivity contribution in [2.45, 2.75) is 31.9 Å². The Morgan fingerprint density at radius 1 is 1.69 bits per heavy atom. The van der Waals surface area contributed by atoms with Gasteiger partial charge in [-0.1, -0.05) is 0 Å². The normalized spacial score (nSPS) is 17.0. The first-order valence-electron chi connectivity index (χ1n) is 5.39. The van der Waals surface area contributed by atoms with Gasteiger partial charge in [-0.3, -0.25) is 0 Å². The van der Waals surface area contributed by atoms with Crippen LogP contribution in [0.4, 0.5) is 0 Å². The Labute approximate surface area is 101 Å². The predicted octanol–water partition coefficient (Wildman–Crippen LogP) is 1.58. The molecule has 0 amide bonds. The molecule has 1 rings (SSSR count). The maximum atomic E-state index is 10.0. The molecule has 16 heavy (non-hydrogen) atoms. The first-order valence-corrected chi connectivity index (χ1v) is 6.27. The molecule has 1 aromatic heterocycles. The third kappa shape index (κ3) is 4.57. The summed E-state index contributed by atoms with van der Waals surface area (Å²) in [6, 6.07) is 0.175. The molecule has 0 bridgehead atoms. The summed E-state index contributed by atoms with van der Waals surface area (Å²) in [5, 5.41) is 16.3. The van der Waals surface area contributed by atoms with Gasteiger partial charge in [-0.15, -0.1) is 11.3 Å². The van der Waals surface area contributed by atoms with E-state index in [0.29, 0.717) is 19.6 Å². The number of rotatable bonds is 7. The minimum absolute atomic E-state index is 0.175. The number of hydrogen-bond acceptors (Lipinski definition) is 5. The molecule has 4 nitrogen and oxygen atoms in total. The second-order valence-electron chi connectivity index (χ2n) is 4.21. The van der Waals surface area contributed by atoms with E-state index in [1.165, 1.54) is 0 Å². The topological polar surface area (TPSA) is 54.4 Å². The van der Waals surface area contributed by atoms with Crippen molar-refractivity contribution in [2.75, 3.05) is 20.3 Å². The van der Waals surface area contributed by atoms with Crippen molar-refractivity contribution in [3.05, 3.63) is 16.6 Å². The van der Waals surface area contributed by atoms with Gasteiger partial charge in [0, 0.05) is 38.3 Å². The number of thiazole rings is 1. The summed E-state index contributed by atoms with van der Waals surface area (Å²) in [5.74, 6) is 0. The first kappa shape index (κ1) is 13.6. The molecule has 0 aromatic carbocycles. The highest BCUT2D eigenvalue weighted by molar-refractivity contribution is 7.09. The van der Waals surface area contributed by atoms with Crippen LogP contribution in [0.25, 0.3) is 0 Å². The van der Waals surface area contributed by atoms with Gasteiger partial charge in [0.05, 0.1) is 11.6 Å². The maximum absolute atomic E-state index is 10.0. The number of aliphatic hydroxyl groups is 1. The van der Waals surface area contributed by atoms with Gasteiger partial charge in [0.15, 0.2) is 0 Å². The maximum Gasteiger partial charge on any atom is 0.109 e. The molecular weight excluding hydrogens is 224 g/mol. The van der Waals surface area contributed by atoms with Crippen molar-refractivity contribution in [1.82, 2.24) is 10.3 Å². The number of aromatic nitrogens is 1. The Bertz CT molecular complexity index is 288. The highest BCUT2D eigenvalue weighted by Crippen LogP contribution is 2.16. The lowest BCUT2D eigenvalue weighted by Crippen LogP contribution is -2.39. The van der Waals surface area contributed by atoms with Crippen molar-refractivity contribution in [2.24, 2.45) is 0 Å². The highest BCUT2D eigenvalue weighted by Gasteiger charge is 2.21. The average Bonchev–Trinajstić information content (AvgIpc) is 2.77. The Morgan fingerprint density at radius 2 is 2.44 bits per heavy atom. The van der Waals surface area contributed by atoms with E-state index in [4.69, 9.17) is 4.74 Å². The largest absolute Gasteiger partial charge is 0.389 e. The minimum atomic E-state index is -0.735. The van der Waals surface area contributed by atoms with Crippen molar-refractivity contribution in [3.63, 3.8) is 0 Å². The highest BCUT2D eigenvalue weighted by atomic mass is 32.1. The molecule has 0 aliphatic rings. The molecule has 0 saturated heterocycles. The number of methoxy groups -OCH3 is 1. The number of nitrogens with one attached hydrogen (secondary N) is 1. The Kier molecular flexibility index (Phi) is 5.34. The van der Waals surface area contributed by atoms with E-state index in [0.717, 1.165) is 5.01 Å². The van der Waals surface area contributed by atoms with Crippen LogP contribution in [0.2, 0.25) is 0 Å². The molecule has 2 unspecified atom stereocenters. The van der Waals surface area contributed by atoms with E-state index < -0.39 is 5.60 Å². The third-order valence-corrected chi connectivity index (χ3v) is 3.41. The average molecular weight is 244 g/mol. The van der Waals surface area contributed by atoms with Gasteiger partial charge >= 0.3 is 0 Å². The quantitative estimate of drug-likeness (QED) is 0.764. The van der Waals surface area contributed by atoms with Crippen molar-refractivity contribution in [3.8, 4) is 0 Å². The molecule has 1 aromatic rings. The van der Waals surface area contributed by atoms with E-state index in [-0.39, 0.29) is 6.04 Å². The van der Waals surface area contributed by atoms with Crippen molar-refractivity contribution in [1.29, 1.82) is 0 Å². The fourth-order valence-electron chi connectivity index (χ4n) is 1.32. The summed E-state index contributed by atoms with van der Waals surface area (Å²) < 4.78 is 4.96. The Hall–Kier alpha value is -0.490. The fourth-order valence-corrected chi connectivity index (χ4v) is 1.99.